The molecular weight excluding hydrogens is 256 g/mol. The molecule has 3 aliphatic rings. The fraction of sp³-hybridized carbons (Fsp3) is 1.00. The fourth-order valence-electron chi connectivity index (χ4n) is 5.42. The first kappa shape index (κ1) is 15.8. The van der Waals surface area contributed by atoms with E-state index >= 15 is 0 Å². The standard InChI is InChI=1S/C19H36N2/c1-5-18-17-11-20-10-15(17)13-21(18)12-14-6-8-16(9-7-14)19(2,3)4/h14-18,20H,5-13H2,1-4H3. The lowest BCUT2D eigenvalue weighted by atomic mass is 9.70. The average Bonchev–Trinajstić information content (AvgIpc) is 2.98. The maximum atomic E-state index is 3.61. The van der Waals surface area contributed by atoms with Crippen molar-refractivity contribution < 1.29 is 0 Å². The van der Waals surface area contributed by atoms with E-state index in [1.165, 1.54) is 58.3 Å². The highest BCUT2D eigenvalue weighted by Gasteiger charge is 2.43. The van der Waals surface area contributed by atoms with Gasteiger partial charge in [0.25, 0.3) is 0 Å². The van der Waals surface area contributed by atoms with Crippen molar-refractivity contribution in [1.82, 2.24) is 10.2 Å². The third-order valence-electron chi connectivity index (χ3n) is 6.81. The molecule has 0 spiro atoms. The van der Waals surface area contributed by atoms with E-state index in [-0.39, 0.29) is 0 Å². The molecule has 0 bridgehead atoms. The second-order valence-corrected chi connectivity index (χ2v) is 9.10. The third kappa shape index (κ3) is 3.32. The van der Waals surface area contributed by atoms with Crippen LogP contribution in [0.3, 0.4) is 0 Å². The van der Waals surface area contributed by atoms with E-state index in [2.05, 4.69) is 37.9 Å². The summed E-state index contributed by atoms with van der Waals surface area (Å²) in [6, 6.07) is 0.866. The number of hydrogen-bond donors (Lipinski definition) is 1. The van der Waals surface area contributed by atoms with Gasteiger partial charge in [0.1, 0.15) is 0 Å². The van der Waals surface area contributed by atoms with Crippen LogP contribution in [0.5, 0.6) is 0 Å². The van der Waals surface area contributed by atoms with Gasteiger partial charge in [-0.3, -0.25) is 4.90 Å². The third-order valence-corrected chi connectivity index (χ3v) is 6.81. The lowest BCUT2D eigenvalue weighted by Crippen LogP contribution is -2.39. The summed E-state index contributed by atoms with van der Waals surface area (Å²) in [5.41, 5.74) is 0.521. The van der Waals surface area contributed by atoms with Gasteiger partial charge < -0.3 is 5.32 Å². The van der Waals surface area contributed by atoms with Crippen molar-refractivity contribution in [2.75, 3.05) is 26.2 Å². The Kier molecular flexibility index (Phi) is 4.66. The summed E-state index contributed by atoms with van der Waals surface area (Å²) in [5, 5.41) is 3.61. The Morgan fingerprint density at radius 1 is 1.05 bits per heavy atom. The first-order chi connectivity index (χ1) is 9.99. The number of fused-ring (bicyclic) bond motifs is 1. The molecule has 3 rings (SSSR count). The van der Waals surface area contributed by atoms with Gasteiger partial charge in [-0.2, -0.15) is 0 Å². The molecule has 1 aliphatic carbocycles. The Bertz CT molecular complexity index is 338. The van der Waals surface area contributed by atoms with Crippen LogP contribution in [0.25, 0.3) is 0 Å². The smallest absolute Gasteiger partial charge is 0.0137 e. The highest BCUT2D eigenvalue weighted by molar-refractivity contribution is 4.98. The van der Waals surface area contributed by atoms with E-state index < -0.39 is 0 Å². The number of likely N-dealkylation sites (tertiary alicyclic amines) is 1. The molecule has 0 aromatic rings. The molecule has 1 saturated carbocycles. The van der Waals surface area contributed by atoms with Crippen LogP contribution in [0.1, 0.15) is 59.8 Å². The van der Waals surface area contributed by atoms with Gasteiger partial charge in [-0.25, -0.2) is 0 Å². The van der Waals surface area contributed by atoms with E-state index in [1.807, 2.05) is 0 Å². The summed E-state index contributed by atoms with van der Waals surface area (Å²) in [6.07, 6.45) is 7.23. The minimum Gasteiger partial charge on any atom is -0.316 e. The zero-order valence-corrected chi connectivity index (χ0v) is 14.7. The van der Waals surface area contributed by atoms with Crippen molar-refractivity contribution in [3.8, 4) is 0 Å². The van der Waals surface area contributed by atoms with Gasteiger partial charge in [0.05, 0.1) is 0 Å². The van der Waals surface area contributed by atoms with Crippen LogP contribution in [0, 0.1) is 29.1 Å². The van der Waals surface area contributed by atoms with E-state index in [9.17, 15) is 0 Å². The molecule has 1 N–H and O–H groups in total. The number of hydrogen-bond acceptors (Lipinski definition) is 2. The first-order valence-corrected chi connectivity index (χ1v) is 9.43. The van der Waals surface area contributed by atoms with Crippen LogP contribution in [0.4, 0.5) is 0 Å². The summed E-state index contributed by atoms with van der Waals surface area (Å²) in [7, 11) is 0. The highest BCUT2D eigenvalue weighted by Crippen LogP contribution is 2.41. The van der Waals surface area contributed by atoms with E-state index in [0.717, 1.165) is 29.7 Å². The Morgan fingerprint density at radius 3 is 2.38 bits per heavy atom. The summed E-state index contributed by atoms with van der Waals surface area (Å²) >= 11 is 0. The summed E-state index contributed by atoms with van der Waals surface area (Å²) in [6.45, 7) is 15.0. The average molecular weight is 293 g/mol. The molecule has 122 valence electrons. The second-order valence-electron chi connectivity index (χ2n) is 9.10. The van der Waals surface area contributed by atoms with Gasteiger partial charge in [0.2, 0.25) is 0 Å². The van der Waals surface area contributed by atoms with Crippen LogP contribution in [-0.2, 0) is 0 Å². The SMILES string of the molecule is CCC1C2CNCC2CN1CC1CCC(C(C)(C)C)CC1. The largest absolute Gasteiger partial charge is 0.316 e. The predicted molar refractivity (Wildman–Crippen MR) is 90.4 cm³/mol. The van der Waals surface area contributed by atoms with Crippen molar-refractivity contribution >= 4 is 0 Å². The van der Waals surface area contributed by atoms with Crippen LogP contribution in [0.2, 0.25) is 0 Å². The Morgan fingerprint density at radius 2 is 1.76 bits per heavy atom. The number of nitrogens with zero attached hydrogens (tertiary/aromatic N) is 1. The lowest BCUT2D eigenvalue weighted by Gasteiger charge is -2.39. The summed E-state index contributed by atoms with van der Waals surface area (Å²) < 4.78 is 0. The molecule has 0 aromatic carbocycles. The molecule has 0 radical (unpaired) electrons. The predicted octanol–water partition coefficient (Wildman–Crippen LogP) is 3.77. The molecule has 21 heavy (non-hydrogen) atoms. The molecule has 3 fully saturated rings. The van der Waals surface area contributed by atoms with E-state index in [4.69, 9.17) is 0 Å². The van der Waals surface area contributed by atoms with E-state index in [1.54, 1.807) is 0 Å². The minimum atomic E-state index is 0.521. The Hall–Kier alpha value is -0.0800. The van der Waals surface area contributed by atoms with Gasteiger partial charge in [-0.1, -0.05) is 27.7 Å². The monoisotopic (exact) mass is 292 g/mol. The first-order valence-electron chi connectivity index (χ1n) is 9.43. The minimum absolute atomic E-state index is 0.521. The van der Waals surface area contributed by atoms with E-state index in [0.29, 0.717) is 5.41 Å². The lowest BCUT2D eigenvalue weighted by molar-refractivity contribution is 0.114. The molecule has 0 aromatic heterocycles. The zero-order valence-electron chi connectivity index (χ0n) is 14.7. The van der Waals surface area contributed by atoms with Crippen LogP contribution in [-0.4, -0.2) is 37.1 Å². The molecule has 3 atom stereocenters. The van der Waals surface area contributed by atoms with Crippen molar-refractivity contribution in [3.63, 3.8) is 0 Å². The second kappa shape index (κ2) is 6.20. The molecule has 2 heterocycles. The number of nitrogens with one attached hydrogen (secondary N) is 1. The van der Waals surface area contributed by atoms with Crippen molar-refractivity contribution in [3.05, 3.63) is 0 Å². The maximum Gasteiger partial charge on any atom is 0.0137 e. The normalized spacial score (nSPS) is 41.4. The van der Waals surface area contributed by atoms with Gasteiger partial charge in [-0.05, 0) is 74.3 Å². The molecule has 2 saturated heterocycles. The molecule has 2 heteroatoms. The van der Waals surface area contributed by atoms with Gasteiger partial charge in [0.15, 0.2) is 0 Å². The molecule has 2 nitrogen and oxygen atoms in total. The van der Waals surface area contributed by atoms with Gasteiger partial charge in [0, 0.05) is 19.1 Å². The van der Waals surface area contributed by atoms with Crippen molar-refractivity contribution in [2.45, 2.75) is 65.8 Å². The molecule has 0 amide bonds. The van der Waals surface area contributed by atoms with Crippen molar-refractivity contribution in [1.29, 1.82) is 0 Å². The van der Waals surface area contributed by atoms with Crippen LogP contribution < -0.4 is 5.32 Å². The Balaban J connectivity index is 1.51. The maximum absolute atomic E-state index is 3.61. The van der Waals surface area contributed by atoms with Gasteiger partial charge in [-0.15, -0.1) is 0 Å². The molecule has 3 unspecified atom stereocenters. The number of rotatable bonds is 3. The fourth-order valence-corrected chi connectivity index (χ4v) is 5.42. The van der Waals surface area contributed by atoms with Gasteiger partial charge >= 0.3 is 0 Å². The summed E-state index contributed by atoms with van der Waals surface area (Å²) in [5.74, 6) is 3.82. The quantitative estimate of drug-likeness (QED) is 0.852. The van der Waals surface area contributed by atoms with Crippen LogP contribution >= 0.6 is 0 Å². The van der Waals surface area contributed by atoms with Crippen LogP contribution in [0.15, 0.2) is 0 Å². The summed E-state index contributed by atoms with van der Waals surface area (Å²) in [4.78, 5) is 2.87. The Labute approximate surface area is 132 Å². The highest BCUT2D eigenvalue weighted by atomic mass is 15.2. The van der Waals surface area contributed by atoms with Crippen molar-refractivity contribution in [2.24, 2.45) is 29.1 Å². The topological polar surface area (TPSA) is 15.3 Å². The molecule has 2 aliphatic heterocycles. The molecular formula is C19H36N2. The zero-order chi connectivity index (χ0) is 15.0.